The van der Waals surface area contributed by atoms with Crippen molar-refractivity contribution in [3.8, 4) is 11.8 Å². The normalized spacial score (nSPS) is 18.2. The van der Waals surface area contributed by atoms with Gasteiger partial charge in [0.1, 0.15) is 17.8 Å². The summed E-state index contributed by atoms with van der Waals surface area (Å²) in [5, 5.41) is 4.08. The zero-order valence-corrected chi connectivity index (χ0v) is 14.6. The van der Waals surface area contributed by atoms with E-state index in [0.717, 1.165) is 36.2 Å². The summed E-state index contributed by atoms with van der Waals surface area (Å²) in [6.07, 6.45) is 6.62. The fourth-order valence-electron chi connectivity index (χ4n) is 3.11. The van der Waals surface area contributed by atoms with Crippen LogP contribution in [0.3, 0.4) is 0 Å². The zero-order chi connectivity index (χ0) is 17.9. The molecule has 0 N–H and O–H groups in total. The van der Waals surface area contributed by atoms with Crippen molar-refractivity contribution in [2.24, 2.45) is 5.92 Å². The average molecular weight is 345 g/mol. The summed E-state index contributed by atoms with van der Waals surface area (Å²) in [5.41, 5.74) is 2.95. The quantitative estimate of drug-likeness (QED) is 0.526. The van der Waals surface area contributed by atoms with Crippen LogP contribution in [0.15, 0.2) is 47.2 Å². The molecule has 1 aromatic carbocycles. The minimum Gasteiger partial charge on any atom is -0.347 e. The van der Waals surface area contributed by atoms with E-state index in [0.29, 0.717) is 18.2 Å². The van der Waals surface area contributed by atoms with Crippen LogP contribution in [-0.2, 0) is 17.8 Å². The molecule has 2 aromatic heterocycles. The lowest BCUT2D eigenvalue weighted by atomic mass is 10.1. The maximum atomic E-state index is 10.8. The Balaban J connectivity index is 1.42. The maximum absolute atomic E-state index is 10.8. The third-order valence-corrected chi connectivity index (χ3v) is 4.69. The molecule has 0 aliphatic heterocycles. The van der Waals surface area contributed by atoms with Crippen molar-refractivity contribution in [3.63, 3.8) is 0 Å². The number of nitrogens with zero attached hydrogens (tertiary/aromatic N) is 3. The van der Waals surface area contributed by atoms with Gasteiger partial charge in [-0.25, -0.2) is 4.98 Å². The van der Waals surface area contributed by atoms with Crippen LogP contribution in [0.5, 0.6) is 0 Å². The third kappa shape index (κ3) is 3.45. The molecule has 1 fully saturated rings. The van der Waals surface area contributed by atoms with Gasteiger partial charge >= 0.3 is 0 Å². The van der Waals surface area contributed by atoms with Crippen LogP contribution in [0, 0.1) is 17.8 Å². The minimum absolute atomic E-state index is 0.197. The predicted molar refractivity (Wildman–Crippen MR) is 96.5 cm³/mol. The number of benzene rings is 1. The summed E-state index contributed by atoms with van der Waals surface area (Å²) in [6.45, 7) is 2.70. The van der Waals surface area contributed by atoms with Gasteiger partial charge in [0.25, 0.3) is 0 Å². The molecule has 0 saturated heterocycles. The van der Waals surface area contributed by atoms with E-state index in [4.69, 9.17) is 4.52 Å². The van der Waals surface area contributed by atoms with Gasteiger partial charge in [0, 0.05) is 36.4 Å². The molecular formula is C21H19N3O2. The molecule has 130 valence electrons. The van der Waals surface area contributed by atoms with Crippen LogP contribution in [0.25, 0.3) is 0 Å². The first kappa shape index (κ1) is 16.3. The highest BCUT2D eigenvalue weighted by Gasteiger charge is 2.37. The van der Waals surface area contributed by atoms with Crippen molar-refractivity contribution in [2.75, 3.05) is 0 Å². The second-order valence-electron chi connectivity index (χ2n) is 6.52. The largest absolute Gasteiger partial charge is 0.347 e. The van der Waals surface area contributed by atoms with E-state index < -0.39 is 0 Å². The molecule has 1 saturated carbocycles. The van der Waals surface area contributed by atoms with E-state index in [1.807, 2.05) is 24.4 Å². The fraction of sp³-hybridized carbons (Fsp3) is 0.286. The van der Waals surface area contributed by atoms with Crippen LogP contribution in [0.4, 0.5) is 0 Å². The Labute approximate surface area is 152 Å². The fourth-order valence-corrected chi connectivity index (χ4v) is 3.11. The standard InChI is InChI=1S/C21H19N3O2/c1-2-21-22-9-10-24(21)13-18-12-19(26-23-18)8-5-15-3-6-16(7-4-15)20-11-17(20)14-25/h3-4,6-7,9-10,12,14,17,20H,2,11,13H2,1H3. The highest BCUT2D eigenvalue weighted by Crippen LogP contribution is 2.45. The molecule has 2 heterocycles. The molecule has 1 aliphatic rings. The lowest BCUT2D eigenvalue weighted by molar-refractivity contribution is -0.108. The lowest BCUT2D eigenvalue weighted by Crippen LogP contribution is -2.03. The SMILES string of the molecule is CCc1nccn1Cc1cc(C#Cc2ccc(C3CC3C=O)cc2)on1. The van der Waals surface area contributed by atoms with Crippen LogP contribution in [0.1, 0.15) is 47.7 Å². The summed E-state index contributed by atoms with van der Waals surface area (Å²) < 4.78 is 7.37. The van der Waals surface area contributed by atoms with Crippen LogP contribution in [-0.4, -0.2) is 21.0 Å². The number of carbonyl (C=O) groups excluding carboxylic acids is 1. The van der Waals surface area contributed by atoms with Crippen LogP contribution < -0.4 is 0 Å². The summed E-state index contributed by atoms with van der Waals surface area (Å²) in [7, 11) is 0. The van der Waals surface area contributed by atoms with Gasteiger partial charge in [0.05, 0.1) is 6.54 Å². The van der Waals surface area contributed by atoms with Gasteiger partial charge in [-0.1, -0.05) is 30.1 Å². The Kier molecular flexibility index (Phi) is 4.40. The van der Waals surface area contributed by atoms with Crippen molar-refractivity contribution in [2.45, 2.75) is 32.2 Å². The molecule has 26 heavy (non-hydrogen) atoms. The summed E-state index contributed by atoms with van der Waals surface area (Å²) >= 11 is 0. The van der Waals surface area contributed by atoms with Gasteiger partial charge in [0.15, 0.2) is 0 Å². The van der Waals surface area contributed by atoms with E-state index in [9.17, 15) is 4.79 Å². The molecule has 0 radical (unpaired) electrons. The maximum Gasteiger partial charge on any atom is 0.210 e. The Morgan fingerprint density at radius 2 is 2.15 bits per heavy atom. The highest BCUT2D eigenvalue weighted by molar-refractivity contribution is 5.61. The monoisotopic (exact) mass is 345 g/mol. The summed E-state index contributed by atoms with van der Waals surface area (Å²) in [4.78, 5) is 15.1. The van der Waals surface area contributed by atoms with Crippen molar-refractivity contribution in [1.82, 2.24) is 14.7 Å². The van der Waals surface area contributed by atoms with E-state index in [1.165, 1.54) is 5.56 Å². The number of carbonyl (C=O) groups is 1. The molecule has 1 aliphatic carbocycles. The molecule has 0 bridgehead atoms. The van der Waals surface area contributed by atoms with Gasteiger partial charge in [-0.3, -0.25) is 0 Å². The predicted octanol–water partition coefficient (Wildman–Crippen LogP) is 3.18. The second kappa shape index (κ2) is 7.01. The number of aldehydes is 1. The second-order valence-corrected chi connectivity index (χ2v) is 6.52. The van der Waals surface area contributed by atoms with E-state index in [-0.39, 0.29) is 5.92 Å². The lowest BCUT2D eigenvalue weighted by Gasteiger charge is -2.02. The first-order chi connectivity index (χ1) is 12.8. The van der Waals surface area contributed by atoms with E-state index >= 15 is 0 Å². The van der Waals surface area contributed by atoms with Crippen LogP contribution >= 0.6 is 0 Å². The van der Waals surface area contributed by atoms with Gasteiger partial charge in [-0.15, -0.1) is 0 Å². The number of rotatable bonds is 5. The van der Waals surface area contributed by atoms with Crippen molar-refractivity contribution >= 4 is 6.29 Å². The topological polar surface area (TPSA) is 60.9 Å². The highest BCUT2D eigenvalue weighted by atomic mass is 16.5. The summed E-state index contributed by atoms with van der Waals surface area (Å²) in [5.74, 6) is 8.27. The van der Waals surface area contributed by atoms with Gasteiger partial charge < -0.3 is 13.9 Å². The molecule has 2 atom stereocenters. The number of hydrogen-bond donors (Lipinski definition) is 0. The summed E-state index contributed by atoms with van der Waals surface area (Å²) in [6, 6.07) is 9.93. The molecule has 5 heteroatoms. The Morgan fingerprint density at radius 1 is 1.31 bits per heavy atom. The van der Waals surface area contributed by atoms with Crippen molar-refractivity contribution in [1.29, 1.82) is 0 Å². The number of aryl methyl sites for hydroxylation is 1. The Hall–Kier alpha value is -3.13. The minimum atomic E-state index is 0.197. The van der Waals surface area contributed by atoms with Crippen molar-refractivity contribution < 1.29 is 9.32 Å². The molecular weight excluding hydrogens is 326 g/mol. The Bertz CT molecular complexity index is 973. The smallest absolute Gasteiger partial charge is 0.210 e. The molecule has 3 aromatic rings. The first-order valence-electron chi connectivity index (χ1n) is 8.79. The zero-order valence-electron chi connectivity index (χ0n) is 14.6. The third-order valence-electron chi connectivity index (χ3n) is 4.69. The molecule has 0 amide bonds. The number of hydrogen-bond acceptors (Lipinski definition) is 4. The van der Waals surface area contributed by atoms with Gasteiger partial charge in [0.2, 0.25) is 5.76 Å². The molecule has 5 nitrogen and oxygen atoms in total. The number of aromatic nitrogens is 3. The Morgan fingerprint density at radius 3 is 2.88 bits per heavy atom. The molecule has 4 rings (SSSR count). The van der Waals surface area contributed by atoms with E-state index in [2.05, 4.69) is 45.6 Å². The van der Waals surface area contributed by atoms with Crippen molar-refractivity contribution in [3.05, 3.63) is 71.1 Å². The molecule has 0 spiro atoms. The van der Waals surface area contributed by atoms with Gasteiger partial charge in [-0.2, -0.15) is 0 Å². The average Bonchev–Trinajstić information content (AvgIpc) is 3.10. The van der Waals surface area contributed by atoms with Crippen LogP contribution in [0.2, 0.25) is 0 Å². The van der Waals surface area contributed by atoms with Gasteiger partial charge in [-0.05, 0) is 36.0 Å². The number of imidazole rings is 1. The van der Waals surface area contributed by atoms with E-state index in [1.54, 1.807) is 6.20 Å². The molecule has 2 unspecified atom stereocenters. The first-order valence-corrected chi connectivity index (χ1v) is 8.79.